The van der Waals surface area contributed by atoms with Gasteiger partial charge in [-0.05, 0) is 59.5 Å². The van der Waals surface area contributed by atoms with Gasteiger partial charge in [0.25, 0.3) is 5.91 Å². The molecule has 0 aromatic heterocycles. The minimum Gasteiger partial charge on any atom is -0.339 e. The number of piperidine rings is 1. The lowest BCUT2D eigenvalue weighted by molar-refractivity contribution is 0.0699. The molecular weight excluding hydrogens is 393 g/mol. The molecule has 0 radical (unpaired) electrons. The number of rotatable bonds is 2. The predicted octanol–water partition coefficient (Wildman–Crippen LogP) is 3.54. The number of hydrogen-bond donors (Lipinski definition) is 0. The highest BCUT2D eigenvalue weighted by atomic mass is 127. The van der Waals surface area contributed by atoms with Crippen molar-refractivity contribution in [3.05, 3.63) is 33.4 Å². The maximum Gasteiger partial charge on any atom is 0.253 e. The van der Waals surface area contributed by atoms with Crippen LogP contribution in [0.15, 0.2) is 24.3 Å². The van der Waals surface area contributed by atoms with Crippen LogP contribution >= 0.6 is 38.5 Å². The highest BCUT2D eigenvalue weighted by molar-refractivity contribution is 14.1. The Bertz CT molecular complexity index is 402. The summed E-state index contributed by atoms with van der Waals surface area (Å²) in [5, 5.41) is 1.05. The molecule has 2 rings (SSSR count). The third-order valence-electron chi connectivity index (χ3n) is 3.19. The second-order valence-electron chi connectivity index (χ2n) is 4.40. The van der Waals surface area contributed by atoms with Crippen molar-refractivity contribution in [2.75, 3.05) is 18.4 Å². The zero-order valence-electron chi connectivity index (χ0n) is 9.53. The van der Waals surface area contributed by atoms with Crippen LogP contribution in [0, 0.1) is 9.49 Å². The van der Waals surface area contributed by atoms with Crippen molar-refractivity contribution in [2.24, 2.45) is 5.92 Å². The van der Waals surface area contributed by atoms with Gasteiger partial charge >= 0.3 is 0 Å². The zero-order valence-corrected chi connectivity index (χ0v) is 13.3. The standard InChI is InChI=1S/C13H15BrINO/c14-9-10-4-6-16(7-5-10)13(17)11-2-1-3-12(15)8-11/h1-3,8,10H,4-7,9H2. The van der Waals surface area contributed by atoms with E-state index in [9.17, 15) is 4.79 Å². The Hall–Kier alpha value is -0.100. The van der Waals surface area contributed by atoms with Crippen LogP contribution in [0.2, 0.25) is 0 Å². The van der Waals surface area contributed by atoms with E-state index in [1.165, 1.54) is 0 Å². The fourth-order valence-electron chi connectivity index (χ4n) is 2.09. The summed E-state index contributed by atoms with van der Waals surface area (Å²) in [6.45, 7) is 1.78. The first-order valence-corrected chi connectivity index (χ1v) is 8.01. The van der Waals surface area contributed by atoms with Gasteiger partial charge in [0.1, 0.15) is 0 Å². The van der Waals surface area contributed by atoms with Crippen molar-refractivity contribution in [1.82, 2.24) is 4.90 Å². The second-order valence-corrected chi connectivity index (χ2v) is 6.29. The van der Waals surface area contributed by atoms with Gasteiger partial charge in [-0.15, -0.1) is 0 Å². The summed E-state index contributed by atoms with van der Waals surface area (Å²) < 4.78 is 1.11. The number of carbonyl (C=O) groups excluding carboxylic acids is 1. The highest BCUT2D eigenvalue weighted by Crippen LogP contribution is 2.21. The van der Waals surface area contributed by atoms with Gasteiger partial charge in [-0.25, -0.2) is 0 Å². The van der Waals surface area contributed by atoms with Crippen LogP contribution in [0.25, 0.3) is 0 Å². The summed E-state index contributed by atoms with van der Waals surface area (Å²) in [6.07, 6.45) is 2.22. The van der Waals surface area contributed by atoms with Gasteiger partial charge in [0.2, 0.25) is 0 Å². The molecule has 0 N–H and O–H groups in total. The van der Waals surface area contributed by atoms with Gasteiger partial charge in [-0.3, -0.25) is 4.79 Å². The number of alkyl halides is 1. The van der Waals surface area contributed by atoms with E-state index in [2.05, 4.69) is 38.5 Å². The zero-order chi connectivity index (χ0) is 12.3. The van der Waals surface area contributed by atoms with Crippen molar-refractivity contribution < 1.29 is 4.79 Å². The molecule has 1 amide bonds. The Morgan fingerprint density at radius 1 is 1.41 bits per heavy atom. The summed E-state index contributed by atoms with van der Waals surface area (Å²) >= 11 is 5.76. The normalized spacial score (nSPS) is 17.2. The number of carbonyl (C=O) groups is 1. The summed E-state index contributed by atoms with van der Waals surface area (Å²) in [7, 11) is 0. The molecule has 0 atom stereocenters. The molecule has 0 spiro atoms. The van der Waals surface area contributed by atoms with Gasteiger partial charge in [-0.1, -0.05) is 22.0 Å². The van der Waals surface area contributed by atoms with Crippen molar-refractivity contribution in [1.29, 1.82) is 0 Å². The first kappa shape index (κ1) is 13.3. The number of nitrogens with zero attached hydrogens (tertiary/aromatic N) is 1. The Kier molecular flexibility index (Phi) is 4.85. The minimum absolute atomic E-state index is 0.177. The van der Waals surface area contributed by atoms with Crippen molar-refractivity contribution >= 4 is 44.4 Å². The summed E-state index contributed by atoms with van der Waals surface area (Å²) in [5.74, 6) is 0.909. The molecule has 4 heteroatoms. The van der Waals surface area contributed by atoms with Crippen molar-refractivity contribution in [3.8, 4) is 0 Å². The Labute approximate surface area is 124 Å². The third-order valence-corrected chi connectivity index (χ3v) is 4.78. The van der Waals surface area contributed by atoms with Crippen LogP contribution in [0.4, 0.5) is 0 Å². The van der Waals surface area contributed by atoms with Gasteiger partial charge in [0, 0.05) is 27.6 Å². The molecule has 0 saturated carbocycles. The molecule has 2 nitrogen and oxygen atoms in total. The molecule has 92 valence electrons. The first-order chi connectivity index (χ1) is 8.20. The van der Waals surface area contributed by atoms with Crippen LogP contribution in [-0.4, -0.2) is 29.2 Å². The summed E-state index contributed by atoms with van der Waals surface area (Å²) in [5.41, 5.74) is 0.814. The van der Waals surface area contributed by atoms with Gasteiger partial charge in [0.05, 0.1) is 0 Å². The van der Waals surface area contributed by atoms with Gasteiger partial charge in [-0.2, -0.15) is 0 Å². The van der Waals surface area contributed by atoms with Gasteiger partial charge < -0.3 is 4.90 Å². The number of benzene rings is 1. The lowest BCUT2D eigenvalue weighted by atomic mass is 9.98. The maximum atomic E-state index is 12.3. The summed E-state index contributed by atoms with van der Waals surface area (Å²) in [4.78, 5) is 14.2. The van der Waals surface area contributed by atoms with Crippen molar-refractivity contribution in [3.63, 3.8) is 0 Å². The topological polar surface area (TPSA) is 20.3 Å². The fraction of sp³-hybridized carbons (Fsp3) is 0.462. The van der Waals surface area contributed by atoms with Crippen LogP contribution in [0.1, 0.15) is 23.2 Å². The van der Waals surface area contributed by atoms with Gasteiger partial charge in [0.15, 0.2) is 0 Å². The van der Waals surface area contributed by atoms with E-state index in [1.807, 2.05) is 29.2 Å². The van der Waals surface area contributed by atoms with Crippen LogP contribution in [0.5, 0.6) is 0 Å². The van der Waals surface area contributed by atoms with Crippen LogP contribution < -0.4 is 0 Å². The van der Waals surface area contributed by atoms with Crippen molar-refractivity contribution in [2.45, 2.75) is 12.8 Å². The van der Waals surface area contributed by atoms with E-state index >= 15 is 0 Å². The van der Waals surface area contributed by atoms with Crippen LogP contribution in [0.3, 0.4) is 0 Å². The third kappa shape index (κ3) is 3.44. The monoisotopic (exact) mass is 407 g/mol. The average Bonchev–Trinajstić information content (AvgIpc) is 2.38. The molecule has 1 aliphatic heterocycles. The summed E-state index contributed by atoms with van der Waals surface area (Å²) in [6, 6.07) is 7.81. The van der Waals surface area contributed by atoms with E-state index in [0.29, 0.717) is 0 Å². The SMILES string of the molecule is O=C(c1cccc(I)c1)N1CCC(CBr)CC1. The second kappa shape index (κ2) is 6.18. The minimum atomic E-state index is 0.177. The van der Waals surface area contributed by atoms with E-state index in [0.717, 1.165) is 46.3 Å². The smallest absolute Gasteiger partial charge is 0.253 e. The number of halogens is 2. The number of likely N-dealkylation sites (tertiary alicyclic amines) is 1. The van der Waals surface area contributed by atoms with E-state index < -0.39 is 0 Å². The lowest BCUT2D eigenvalue weighted by Gasteiger charge is -2.31. The number of hydrogen-bond acceptors (Lipinski definition) is 1. The van der Waals surface area contributed by atoms with Crippen LogP contribution in [-0.2, 0) is 0 Å². The Morgan fingerprint density at radius 2 is 2.12 bits per heavy atom. The quantitative estimate of drug-likeness (QED) is 0.542. The average molecular weight is 408 g/mol. The first-order valence-electron chi connectivity index (χ1n) is 5.81. The molecule has 1 heterocycles. The molecule has 1 fully saturated rings. The Balaban J connectivity index is 2.02. The molecule has 0 aliphatic carbocycles. The highest BCUT2D eigenvalue weighted by Gasteiger charge is 2.22. The molecular formula is C13H15BrINO. The molecule has 0 unspecified atom stereocenters. The molecule has 1 saturated heterocycles. The molecule has 1 aromatic carbocycles. The predicted molar refractivity (Wildman–Crippen MR) is 81.6 cm³/mol. The molecule has 1 aliphatic rings. The number of amides is 1. The van der Waals surface area contributed by atoms with E-state index in [4.69, 9.17) is 0 Å². The maximum absolute atomic E-state index is 12.3. The molecule has 17 heavy (non-hydrogen) atoms. The van der Waals surface area contributed by atoms with E-state index in [1.54, 1.807) is 0 Å². The molecule has 1 aromatic rings. The largest absolute Gasteiger partial charge is 0.339 e. The lowest BCUT2D eigenvalue weighted by Crippen LogP contribution is -2.38. The fourth-order valence-corrected chi connectivity index (χ4v) is 3.29. The molecule has 0 bridgehead atoms. The Morgan fingerprint density at radius 3 is 2.71 bits per heavy atom. The van der Waals surface area contributed by atoms with E-state index in [-0.39, 0.29) is 5.91 Å².